The molecule has 1 aromatic rings. The summed E-state index contributed by atoms with van der Waals surface area (Å²) in [5.74, 6) is 0.575. The van der Waals surface area contributed by atoms with Crippen LogP contribution in [0.5, 0.6) is 5.75 Å². The number of ether oxygens (including phenoxy) is 2. The van der Waals surface area contributed by atoms with Crippen LogP contribution in [0, 0.1) is 0 Å². The molecule has 1 unspecified atom stereocenters. The van der Waals surface area contributed by atoms with Crippen LogP contribution in [0.4, 0.5) is 0 Å². The van der Waals surface area contributed by atoms with Crippen molar-refractivity contribution in [2.75, 3.05) is 13.2 Å². The van der Waals surface area contributed by atoms with Gasteiger partial charge in [0.25, 0.3) is 0 Å². The number of rotatable bonds is 8. The fraction of sp³-hybridized carbons (Fsp3) is 0.438. The Labute approximate surface area is 125 Å². The van der Waals surface area contributed by atoms with Crippen molar-refractivity contribution < 1.29 is 14.3 Å². The zero-order valence-electron chi connectivity index (χ0n) is 12.0. The van der Waals surface area contributed by atoms with E-state index in [1.165, 1.54) is 0 Å². The minimum absolute atomic E-state index is 0.199. The highest BCUT2D eigenvalue weighted by atomic mass is 35.5. The zero-order chi connectivity index (χ0) is 15.0. The highest BCUT2D eigenvalue weighted by Crippen LogP contribution is 2.27. The predicted molar refractivity (Wildman–Crippen MR) is 81.2 cm³/mol. The van der Waals surface area contributed by atoms with Gasteiger partial charge in [0.15, 0.2) is 0 Å². The Morgan fingerprint density at radius 3 is 2.55 bits per heavy atom. The van der Waals surface area contributed by atoms with Crippen LogP contribution in [-0.4, -0.2) is 19.2 Å². The van der Waals surface area contributed by atoms with Gasteiger partial charge in [-0.15, -0.1) is 11.6 Å². The SMILES string of the molecule is C=C(C)COc1ccc(C(Cl)CCC(=O)OCC)cc1. The lowest BCUT2D eigenvalue weighted by atomic mass is 10.1. The lowest BCUT2D eigenvalue weighted by Crippen LogP contribution is -2.05. The van der Waals surface area contributed by atoms with Gasteiger partial charge in [0.1, 0.15) is 12.4 Å². The maximum Gasteiger partial charge on any atom is 0.305 e. The van der Waals surface area contributed by atoms with Gasteiger partial charge >= 0.3 is 5.97 Å². The van der Waals surface area contributed by atoms with Crippen LogP contribution in [0.15, 0.2) is 36.4 Å². The van der Waals surface area contributed by atoms with Gasteiger partial charge in [0.2, 0.25) is 0 Å². The first kappa shape index (κ1) is 16.6. The third kappa shape index (κ3) is 6.11. The molecule has 1 rings (SSSR count). The normalized spacial score (nSPS) is 11.8. The van der Waals surface area contributed by atoms with Gasteiger partial charge in [-0.2, -0.15) is 0 Å². The molecule has 0 heterocycles. The molecule has 0 radical (unpaired) electrons. The molecule has 1 atom stereocenters. The van der Waals surface area contributed by atoms with E-state index in [1.54, 1.807) is 6.92 Å². The lowest BCUT2D eigenvalue weighted by Gasteiger charge is -2.11. The Morgan fingerprint density at radius 2 is 2.00 bits per heavy atom. The molecule has 110 valence electrons. The fourth-order valence-corrected chi connectivity index (χ4v) is 1.88. The van der Waals surface area contributed by atoms with Gasteiger partial charge < -0.3 is 9.47 Å². The second kappa shape index (κ2) is 8.64. The molecule has 0 aromatic heterocycles. The summed E-state index contributed by atoms with van der Waals surface area (Å²) in [6, 6.07) is 7.57. The molecule has 4 heteroatoms. The number of hydrogen-bond acceptors (Lipinski definition) is 3. The highest BCUT2D eigenvalue weighted by molar-refractivity contribution is 6.20. The van der Waals surface area contributed by atoms with E-state index in [0.29, 0.717) is 26.1 Å². The third-order valence-corrected chi connectivity index (χ3v) is 3.10. The zero-order valence-corrected chi connectivity index (χ0v) is 12.8. The fourth-order valence-electron chi connectivity index (χ4n) is 1.62. The van der Waals surface area contributed by atoms with Crippen molar-refractivity contribution in [3.05, 3.63) is 42.0 Å². The van der Waals surface area contributed by atoms with Gasteiger partial charge in [0.05, 0.1) is 12.0 Å². The maximum absolute atomic E-state index is 11.3. The van der Waals surface area contributed by atoms with Crippen LogP contribution >= 0.6 is 11.6 Å². The molecule has 0 amide bonds. The van der Waals surface area contributed by atoms with Crippen LogP contribution in [0.2, 0.25) is 0 Å². The third-order valence-electron chi connectivity index (χ3n) is 2.63. The molecular formula is C16H21ClO3. The largest absolute Gasteiger partial charge is 0.489 e. The van der Waals surface area contributed by atoms with Gasteiger partial charge in [-0.05, 0) is 43.5 Å². The average molecular weight is 297 g/mol. The molecule has 0 saturated heterocycles. The first-order chi connectivity index (χ1) is 9.52. The molecule has 0 bridgehead atoms. The summed E-state index contributed by atoms with van der Waals surface area (Å²) in [6.07, 6.45) is 0.891. The molecule has 0 N–H and O–H groups in total. The molecule has 0 aliphatic rings. The summed E-state index contributed by atoms with van der Waals surface area (Å²) in [4.78, 5) is 11.3. The standard InChI is InChI=1S/C16H21ClO3/c1-4-19-16(18)10-9-15(17)13-5-7-14(8-6-13)20-11-12(2)3/h5-8,15H,2,4,9-11H2,1,3H3. The van der Waals surface area contributed by atoms with Crippen molar-refractivity contribution in [1.29, 1.82) is 0 Å². The van der Waals surface area contributed by atoms with Crippen molar-refractivity contribution in [3.8, 4) is 5.75 Å². The highest BCUT2D eigenvalue weighted by Gasteiger charge is 2.11. The summed E-state index contributed by atoms with van der Waals surface area (Å²) in [7, 11) is 0. The van der Waals surface area contributed by atoms with Crippen molar-refractivity contribution >= 4 is 17.6 Å². The number of benzene rings is 1. The molecule has 3 nitrogen and oxygen atoms in total. The van der Waals surface area contributed by atoms with Crippen LogP contribution in [0.3, 0.4) is 0 Å². The molecular weight excluding hydrogens is 276 g/mol. The van der Waals surface area contributed by atoms with Crippen molar-refractivity contribution in [2.45, 2.75) is 32.1 Å². The van der Waals surface area contributed by atoms with Gasteiger partial charge in [0, 0.05) is 6.42 Å². The van der Waals surface area contributed by atoms with Gasteiger partial charge in [-0.3, -0.25) is 4.79 Å². The lowest BCUT2D eigenvalue weighted by molar-refractivity contribution is -0.143. The smallest absolute Gasteiger partial charge is 0.305 e. The monoisotopic (exact) mass is 296 g/mol. The van der Waals surface area contributed by atoms with Crippen LogP contribution in [-0.2, 0) is 9.53 Å². The van der Waals surface area contributed by atoms with E-state index in [4.69, 9.17) is 21.1 Å². The number of hydrogen-bond donors (Lipinski definition) is 0. The number of alkyl halides is 1. The molecule has 20 heavy (non-hydrogen) atoms. The summed E-state index contributed by atoms with van der Waals surface area (Å²) in [6.45, 7) is 8.40. The molecule has 0 aliphatic carbocycles. The van der Waals surface area contributed by atoms with Crippen LogP contribution in [0.1, 0.15) is 37.6 Å². The second-order valence-corrected chi connectivity index (χ2v) is 5.15. The average Bonchev–Trinajstić information content (AvgIpc) is 2.43. The van der Waals surface area contributed by atoms with Crippen LogP contribution in [0.25, 0.3) is 0 Å². The van der Waals surface area contributed by atoms with E-state index in [1.807, 2.05) is 31.2 Å². The summed E-state index contributed by atoms with van der Waals surface area (Å²) in [5, 5.41) is -0.199. The minimum Gasteiger partial charge on any atom is -0.489 e. The first-order valence-corrected chi connectivity index (χ1v) is 7.13. The maximum atomic E-state index is 11.3. The van der Waals surface area contributed by atoms with Crippen LogP contribution < -0.4 is 4.74 Å². The Kier molecular flexibility index (Phi) is 7.16. The van der Waals surface area contributed by atoms with Gasteiger partial charge in [-0.1, -0.05) is 18.7 Å². The number of carbonyl (C=O) groups excluding carboxylic acids is 1. The van der Waals surface area contributed by atoms with E-state index in [9.17, 15) is 4.79 Å². The van der Waals surface area contributed by atoms with Crippen molar-refractivity contribution in [1.82, 2.24) is 0 Å². The summed E-state index contributed by atoms with van der Waals surface area (Å²) in [5.41, 5.74) is 1.94. The molecule has 1 aromatic carbocycles. The second-order valence-electron chi connectivity index (χ2n) is 4.63. The Bertz CT molecular complexity index is 440. The minimum atomic E-state index is -0.209. The van der Waals surface area contributed by atoms with E-state index < -0.39 is 0 Å². The van der Waals surface area contributed by atoms with E-state index in [2.05, 4.69) is 6.58 Å². The predicted octanol–water partition coefficient (Wildman–Crippen LogP) is 4.26. The topological polar surface area (TPSA) is 35.5 Å². The van der Waals surface area contributed by atoms with Crippen molar-refractivity contribution in [2.24, 2.45) is 0 Å². The van der Waals surface area contributed by atoms with E-state index in [0.717, 1.165) is 16.9 Å². The quantitative estimate of drug-likeness (QED) is 0.408. The summed E-state index contributed by atoms with van der Waals surface area (Å²) >= 11 is 6.27. The molecule has 0 fully saturated rings. The first-order valence-electron chi connectivity index (χ1n) is 6.69. The number of halogens is 1. The number of carbonyl (C=O) groups is 1. The Morgan fingerprint density at radius 1 is 1.35 bits per heavy atom. The molecule has 0 saturated carbocycles. The summed E-state index contributed by atoms with van der Waals surface area (Å²) < 4.78 is 10.4. The Hall–Kier alpha value is -1.48. The van der Waals surface area contributed by atoms with Gasteiger partial charge in [-0.25, -0.2) is 0 Å². The molecule has 0 aliphatic heterocycles. The number of esters is 1. The molecule has 0 spiro atoms. The van der Waals surface area contributed by atoms with E-state index in [-0.39, 0.29) is 11.3 Å². The van der Waals surface area contributed by atoms with E-state index >= 15 is 0 Å². The Balaban J connectivity index is 2.46. The van der Waals surface area contributed by atoms with Crippen molar-refractivity contribution in [3.63, 3.8) is 0 Å².